The predicted octanol–water partition coefficient (Wildman–Crippen LogP) is 1.71. The SMILES string of the molecule is COc1ccccc1CCNC(=O)COC(=O)CCN1C(=O)COc2ccccc21. The van der Waals surface area contributed by atoms with E-state index in [4.69, 9.17) is 14.2 Å². The molecular weight excluding hydrogens is 388 g/mol. The maximum Gasteiger partial charge on any atom is 0.308 e. The number of amides is 2. The van der Waals surface area contributed by atoms with Crippen LogP contribution in [-0.4, -0.2) is 51.2 Å². The highest BCUT2D eigenvalue weighted by Gasteiger charge is 2.25. The van der Waals surface area contributed by atoms with Crippen LogP contribution in [0.1, 0.15) is 12.0 Å². The van der Waals surface area contributed by atoms with Crippen LogP contribution in [0.3, 0.4) is 0 Å². The highest BCUT2D eigenvalue weighted by atomic mass is 16.5. The molecule has 1 N–H and O–H groups in total. The Morgan fingerprint density at radius 2 is 1.90 bits per heavy atom. The number of carbonyl (C=O) groups excluding carboxylic acids is 3. The van der Waals surface area contributed by atoms with Crippen LogP contribution in [0.5, 0.6) is 11.5 Å². The lowest BCUT2D eigenvalue weighted by Gasteiger charge is -2.28. The standard InChI is InChI=1S/C22H24N2O6/c1-28-18-8-4-2-6-16(18)10-12-23-20(25)14-30-22(27)11-13-24-17-7-3-5-9-19(17)29-15-21(24)26/h2-9H,10-15H2,1H3,(H,23,25). The zero-order chi connectivity index (χ0) is 21.3. The molecule has 8 nitrogen and oxygen atoms in total. The van der Waals surface area contributed by atoms with Crippen molar-refractivity contribution in [2.75, 3.05) is 38.3 Å². The van der Waals surface area contributed by atoms with Crippen LogP contribution in [0.25, 0.3) is 0 Å². The van der Waals surface area contributed by atoms with Crippen LogP contribution in [0, 0.1) is 0 Å². The minimum atomic E-state index is -0.549. The molecule has 1 aliphatic rings. The summed E-state index contributed by atoms with van der Waals surface area (Å²) >= 11 is 0. The molecule has 0 bridgehead atoms. The maximum absolute atomic E-state index is 12.1. The van der Waals surface area contributed by atoms with E-state index < -0.39 is 5.97 Å². The highest BCUT2D eigenvalue weighted by Crippen LogP contribution is 2.31. The fraction of sp³-hybridized carbons (Fsp3) is 0.318. The van der Waals surface area contributed by atoms with Crippen LogP contribution in [0.4, 0.5) is 5.69 Å². The van der Waals surface area contributed by atoms with E-state index in [2.05, 4.69) is 5.32 Å². The van der Waals surface area contributed by atoms with E-state index in [1.807, 2.05) is 30.3 Å². The van der Waals surface area contributed by atoms with Gasteiger partial charge in [-0.05, 0) is 30.2 Å². The molecule has 158 valence electrons. The molecule has 0 aliphatic carbocycles. The zero-order valence-corrected chi connectivity index (χ0v) is 16.8. The van der Waals surface area contributed by atoms with E-state index in [1.54, 1.807) is 25.3 Å². The zero-order valence-electron chi connectivity index (χ0n) is 16.8. The molecule has 2 aromatic carbocycles. The Balaban J connectivity index is 1.38. The third-order valence-electron chi connectivity index (χ3n) is 4.62. The summed E-state index contributed by atoms with van der Waals surface area (Å²) in [7, 11) is 1.60. The molecule has 8 heteroatoms. The van der Waals surface area contributed by atoms with Crippen molar-refractivity contribution in [1.29, 1.82) is 0 Å². The second-order valence-corrected chi connectivity index (χ2v) is 6.62. The van der Waals surface area contributed by atoms with Crippen molar-refractivity contribution in [2.45, 2.75) is 12.8 Å². The first-order chi connectivity index (χ1) is 14.6. The van der Waals surface area contributed by atoms with Crippen LogP contribution in [0.15, 0.2) is 48.5 Å². The van der Waals surface area contributed by atoms with Gasteiger partial charge in [0.2, 0.25) is 0 Å². The lowest BCUT2D eigenvalue weighted by molar-refractivity contribution is -0.148. The number of ether oxygens (including phenoxy) is 3. The van der Waals surface area contributed by atoms with E-state index in [0.29, 0.717) is 24.4 Å². The van der Waals surface area contributed by atoms with Gasteiger partial charge in [0.1, 0.15) is 11.5 Å². The molecule has 3 rings (SSSR count). The van der Waals surface area contributed by atoms with Crippen molar-refractivity contribution in [2.24, 2.45) is 0 Å². The first-order valence-corrected chi connectivity index (χ1v) is 9.65. The topological polar surface area (TPSA) is 94.2 Å². The van der Waals surface area contributed by atoms with E-state index in [0.717, 1.165) is 11.3 Å². The highest BCUT2D eigenvalue weighted by molar-refractivity contribution is 5.98. The van der Waals surface area contributed by atoms with Gasteiger partial charge in [0.05, 0.1) is 19.2 Å². The van der Waals surface area contributed by atoms with Crippen molar-refractivity contribution < 1.29 is 28.6 Å². The molecular formula is C22H24N2O6. The fourth-order valence-corrected chi connectivity index (χ4v) is 3.12. The number of para-hydroxylation sites is 3. The molecule has 0 atom stereocenters. The van der Waals surface area contributed by atoms with Crippen LogP contribution >= 0.6 is 0 Å². The van der Waals surface area contributed by atoms with Gasteiger partial charge in [-0.3, -0.25) is 14.4 Å². The Labute approximate surface area is 174 Å². The van der Waals surface area contributed by atoms with Crippen molar-refractivity contribution in [3.63, 3.8) is 0 Å². The van der Waals surface area contributed by atoms with Gasteiger partial charge in [0, 0.05) is 13.1 Å². The molecule has 1 heterocycles. The molecule has 0 fully saturated rings. The first-order valence-electron chi connectivity index (χ1n) is 9.65. The summed E-state index contributed by atoms with van der Waals surface area (Å²) in [5, 5.41) is 2.71. The van der Waals surface area contributed by atoms with Gasteiger partial charge in [0.15, 0.2) is 13.2 Å². The summed E-state index contributed by atoms with van der Waals surface area (Å²) in [6.45, 7) is 0.127. The minimum Gasteiger partial charge on any atom is -0.496 e. The van der Waals surface area contributed by atoms with Crippen molar-refractivity contribution in [1.82, 2.24) is 5.32 Å². The van der Waals surface area contributed by atoms with Crippen LogP contribution in [-0.2, 0) is 25.5 Å². The summed E-state index contributed by atoms with van der Waals surface area (Å²) in [4.78, 5) is 37.5. The second-order valence-electron chi connectivity index (χ2n) is 6.62. The quantitative estimate of drug-likeness (QED) is 0.631. The molecule has 0 spiro atoms. The van der Waals surface area contributed by atoms with Crippen LogP contribution in [0.2, 0.25) is 0 Å². The third kappa shape index (κ3) is 5.50. The number of carbonyl (C=O) groups is 3. The molecule has 1 aliphatic heterocycles. The number of esters is 1. The van der Waals surface area contributed by atoms with E-state index >= 15 is 0 Å². The number of nitrogens with one attached hydrogen (secondary N) is 1. The lowest BCUT2D eigenvalue weighted by atomic mass is 10.1. The Bertz CT molecular complexity index is 914. The largest absolute Gasteiger partial charge is 0.496 e. The number of hydrogen-bond acceptors (Lipinski definition) is 6. The average molecular weight is 412 g/mol. The number of rotatable bonds is 9. The van der Waals surface area contributed by atoms with Gasteiger partial charge in [0.25, 0.3) is 11.8 Å². The molecule has 0 radical (unpaired) electrons. The monoisotopic (exact) mass is 412 g/mol. The van der Waals surface area contributed by atoms with Gasteiger partial charge in [-0.25, -0.2) is 0 Å². The average Bonchev–Trinajstić information content (AvgIpc) is 2.77. The number of benzene rings is 2. The maximum atomic E-state index is 12.1. The first kappa shape index (κ1) is 21.2. The number of fused-ring (bicyclic) bond motifs is 1. The Morgan fingerprint density at radius 3 is 2.73 bits per heavy atom. The van der Waals surface area contributed by atoms with Crippen molar-refractivity contribution in [3.05, 3.63) is 54.1 Å². The van der Waals surface area contributed by atoms with E-state index in [9.17, 15) is 14.4 Å². The van der Waals surface area contributed by atoms with Gasteiger partial charge in [-0.1, -0.05) is 30.3 Å². The molecule has 30 heavy (non-hydrogen) atoms. The minimum absolute atomic E-state index is 0.0193. The van der Waals surface area contributed by atoms with Gasteiger partial charge >= 0.3 is 5.97 Å². The lowest BCUT2D eigenvalue weighted by Crippen LogP contribution is -2.40. The van der Waals surface area contributed by atoms with Crippen molar-refractivity contribution >= 4 is 23.5 Å². The number of methoxy groups -OCH3 is 1. The van der Waals surface area contributed by atoms with Crippen LogP contribution < -0.4 is 19.7 Å². The summed E-state index contributed by atoms with van der Waals surface area (Å²) in [5.41, 5.74) is 1.60. The molecule has 2 aromatic rings. The smallest absolute Gasteiger partial charge is 0.308 e. The van der Waals surface area contributed by atoms with Gasteiger partial charge in [-0.2, -0.15) is 0 Å². The second kappa shape index (κ2) is 10.3. The molecule has 0 unspecified atom stereocenters. The van der Waals surface area contributed by atoms with Gasteiger partial charge in [-0.15, -0.1) is 0 Å². The van der Waals surface area contributed by atoms with E-state index in [-0.39, 0.29) is 38.0 Å². The predicted molar refractivity (Wildman–Crippen MR) is 110 cm³/mol. The Kier molecular flexibility index (Phi) is 7.26. The summed E-state index contributed by atoms with van der Waals surface area (Å²) in [6, 6.07) is 14.7. The Morgan fingerprint density at radius 1 is 1.13 bits per heavy atom. The summed E-state index contributed by atoms with van der Waals surface area (Å²) < 4.78 is 15.7. The van der Waals surface area contributed by atoms with E-state index in [1.165, 1.54) is 4.90 Å². The fourth-order valence-electron chi connectivity index (χ4n) is 3.12. The van der Waals surface area contributed by atoms with Gasteiger partial charge < -0.3 is 24.4 Å². The molecule has 0 aromatic heterocycles. The summed E-state index contributed by atoms with van der Waals surface area (Å²) in [6.07, 6.45) is 0.580. The normalized spacial score (nSPS) is 12.6. The molecule has 2 amide bonds. The number of hydrogen-bond donors (Lipinski definition) is 1. The van der Waals surface area contributed by atoms with Crippen molar-refractivity contribution in [3.8, 4) is 11.5 Å². The number of anilines is 1. The molecule has 0 saturated heterocycles. The molecule has 0 saturated carbocycles. The number of nitrogens with zero attached hydrogens (tertiary/aromatic N) is 1. The Hall–Kier alpha value is -3.55. The third-order valence-corrected chi connectivity index (χ3v) is 4.62. The summed E-state index contributed by atoms with van der Waals surface area (Å²) in [5.74, 6) is 0.200.